The Hall–Kier alpha value is -0.370. The highest BCUT2D eigenvalue weighted by Gasteiger charge is 2.56. The molecule has 4 aliphatic rings. The maximum absolute atomic E-state index is 3.81. The Kier molecular flexibility index (Phi) is 18.7. The third kappa shape index (κ3) is 10.9. The third-order valence-corrected chi connectivity index (χ3v) is 10.5. The van der Waals surface area contributed by atoms with Gasteiger partial charge in [0, 0.05) is 12.8 Å². The van der Waals surface area contributed by atoms with Crippen molar-refractivity contribution in [2.24, 2.45) is 57.8 Å². The van der Waals surface area contributed by atoms with Crippen LogP contribution in [0.2, 0.25) is 0 Å². The maximum Gasteiger partial charge on any atom is 0.0276 e. The van der Waals surface area contributed by atoms with Crippen LogP contribution in [0.5, 0.6) is 0 Å². The first-order valence-electron chi connectivity index (χ1n) is 16.5. The molecule has 0 aliphatic heterocycles. The highest BCUT2D eigenvalue weighted by Crippen LogP contribution is 2.65. The number of rotatable bonds is 5. The smallest absolute Gasteiger partial charge is 0.0276 e. The second kappa shape index (κ2) is 18.9. The molecule has 0 saturated heterocycles. The fraction of sp³-hybridized carbons (Fsp3) is 0.972. The summed E-state index contributed by atoms with van der Waals surface area (Å²) in [5, 5.41) is 0. The molecule has 0 heterocycles. The lowest BCUT2D eigenvalue weighted by Crippen LogP contribution is -2.48. The van der Waals surface area contributed by atoms with Crippen LogP contribution in [-0.4, -0.2) is 38.8 Å². The van der Waals surface area contributed by atoms with Gasteiger partial charge < -0.3 is 4.90 Å². The minimum absolute atomic E-state index is 0. The number of fused-ring (bicyclic) bond motifs is 5. The molecule has 4 rings (SSSR count). The van der Waals surface area contributed by atoms with Crippen molar-refractivity contribution in [3.05, 3.63) is 0 Å². The first kappa shape index (κ1) is 37.6. The highest BCUT2D eigenvalue weighted by molar-refractivity contribution is 5.78. The van der Waals surface area contributed by atoms with Gasteiger partial charge >= 0.3 is 0 Å². The predicted octanol–water partition coefficient (Wildman–Crippen LogP) is 11.0. The molecule has 2 nitrogen and oxygen atoms in total. The van der Waals surface area contributed by atoms with Crippen LogP contribution in [0.25, 0.3) is 0 Å². The molecule has 2 heteroatoms. The summed E-state index contributed by atoms with van der Waals surface area (Å²) in [6.07, 6.45) is 20.2. The Balaban J connectivity index is 0.000000982. The quantitative estimate of drug-likeness (QED) is 0.320. The van der Waals surface area contributed by atoms with Crippen LogP contribution >= 0.6 is 0 Å². The van der Waals surface area contributed by atoms with Crippen molar-refractivity contribution >= 4 is 5.71 Å². The van der Waals surface area contributed by atoms with Gasteiger partial charge in [-0.15, -0.1) is 0 Å². The second-order valence-corrected chi connectivity index (χ2v) is 14.2. The molecular formula is C36H74N2. The SMILES string of the molecule is C.CC.CCCC1CCC2C(CCC3C2CCC2(C)C(CCC(C)C)CCC32)C1.CN(C)C.CN=C(C)C. The molecular weight excluding hydrogens is 460 g/mol. The normalized spacial score (nSPS) is 34.9. The zero-order valence-electron chi connectivity index (χ0n) is 27.7. The summed E-state index contributed by atoms with van der Waals surface area (Å²) in [6.45, 7) is 17.9. The Morgan fingerprint density at radius 2 is 1.45 bits per heavy atom. The average molecular weight is 535 g/mol. The molecule has 0 aromatic carbocycles. The van der Waals surface area contributed by atoms with Gasteiger partial charge in [0.15, 0.2) is 0 Å². The Labute approximate surface area is 242 Å². The van der Waals surface area contributed by atoms with E-state index in [0.717, 1.165) is 53.1 Å². The van der Waals surface area contributed by atoms with Crippen LogP contribution in [0.15, 0.2) is 4.99 Å². The van der Waals surface area contributed by atoms with Gasteiger partial charge in [-0.2, -0.15) is 0 Å². The molecule has 0 radical (unpaired) electrons. The van der Waals surface area contributed by atoms with E-state index in [9.17, 15) is 0 Å². The molecule has 8 unspecified atom stereocenters. The summed E-state index contributed by atoms with van der Waals surface area (Å²) in [7, 11) is 7.79. The molecule has 0 spiro atoms. The summed E-state index contributed by atoms with van der Waals surface area (Å²) < 4.78 is 0. The first-order chi connectivity index (χ1) is 17.5. The number of nitrogens with zero attached hydrogens (tertiary/aromatic N) is 2. The Bertz CT molecular complexity index is 616. The van der Waals surface area contributed by atoms with Gasteiger partial charge in [-0.1, -0.05) is 74.7 Å². The minimum atomic E-state index is 0. The molecule has 0 N–H and O–H groups in total. The topological polar surface area (TPSA) is 15.6 Å². The second-order valence-electron chi connectivity index (χ2n) is 14.2. The Morgan fingerprint density at radius 1 is 0.868 bits per heavy atom. The summed E-state index contributed by atoms with van der Waals surface area (Å²) >= 11 is 0. The Morgan fingerprint density at radius 3 is 1.97 bits per heavy atom. The standard InChI is InChI=1S/C26H46.C4H9N.C3H9N.C2H6.CH4/c1-5-6-19-8-12-22-20(17-19)9-13-24-23(22)15-16-26(4)21(10-7-18(2)3)11-14-25(24)26;1-4(2)5-3;1-4(2)3;1-2;/h18-25H,5-17H2,1-4H3;1-3H3;1-3H3;1-2H3;1H4. The van der Waals surface area contributed by atoms with Crippen molar-refractivity contribution in [1.82, 2.24) is 4.90 Å². The number of hydrogen-bond donors (Lipinski definition) is 0. The van der Waals surface area contributed by atoms with Crippen molar-refractivity contribution in [3.63, 3.8) is 0 Å². The zero-order valence-corrected chi connectivity index (χ0v) is 27.7. The fourth-order valence-electron chi connectivity index (χ4n) is 8.74. The average Bonchev–Trinajstić information content (AvgIpc) is 3.20. The molecule has 0 aromatic rings. The van der Waals surface area contributed by atoms with Crippen molar-refractivity contribution < 1.29 is 0 Å². The fourth-order valence-corrected chi connectivity index (χ4v) is 8.74. The lowest BCUT2D eigenvalue weighted by Gasteiger charge is -2.56. The van der Waals surface area contributed by atoms with Crippen molar-refractivity contribution in [2.75, 3.05) is 28.2 Å². The molecule has 4 aliphatic carbocycles. The summed E-state index contributed by atoms with van der Waals surface area (Å²) in [4.78, 5) is 5.81. The third-order valence-electron chi connectivity index (χ3n) is 10.5. The van der Waals surface area contributed by atoms with Gasteiger partial charge in [0.05, 0.1) is 0 Å². The van der Waals surface area contributed by atoms with Crippen molar-refractivity contribution in [2.45, 2.75) is 146 Å². The number of aliphatic imine (C=N–C) groups is 1. The largest absolute Gasteiger partial charge is 0.312 e. The van der Waals surface area contributed by atoms with Crippen LogP contribution in [0.3, 0.4) is 0 Å². The van der Waals surface area contributed by atoms with E-state index in [-0.39, 0.29) is 7.43 Å². The lowest BCUT2D eigenvalue weighted by atomic mass is 9.49. The van der Waals surface area contributed by atoms with Crippen LogP contribution < -0.4 is 0 Å². The molecule has 38 heavy (non-hydrogen) atoms. The first-order valence-corrected chi connectivity index (χ1v) is 16.5. The van der Waals surface area contributed by atoms with Gasteiger partial charge in [0.25, 0.3) is 0 Å². The molecule has 228 valence electrons. The van der Waals surface area contributed by atoms with Gasteiger partial charge in [-0.25, -0.2) is 0 Å². The van der Waals surface area contributed by atoms with Gasteiger partial charge in [0.2, 0.25) is 0 Å². The predicted molar refractivity (Wildman–Crippen MR) is 175 cm³/mol. The number of hydrogen-bond acceptors (Lipinski definition) is 2. The highest BCUT2D eigenvalue weighted by atomic mass is 15.0. The van der Waals surface area contributed by atoms with Gasteiger partial charge in [0.1, 0.15) is 0 Å². The van der Waals surface area contributed by atoms with Crippen molar-refractivity contribution in [3.8, 4) is 0 Å². The van der Waals surface area contributed by atoms with Crippen molar-refractivity contribution in [1.29, 1.82) is 0 Å². The van der Waals surface area contributed by atoms with Crippen LogP contribution in [0, 0.1) is 52.8 Å². The van der Waals surface area contributed by atoms with Crippen LogP contribution in [-0.2, 0) is 0 Å². The maximum atomic E-state index is 3.81. The van der Waals surface area contributed by atoms with E-state index >= 15 is 0 Å². The molecule has 0 aromatic heterocycles. The minimum Gasteiger partial charge on any atom is -0.312 e. The van der Waals surface area contributed by atoms with E-state index in [1.54, 1.807) is 64.8 Å². The molecule has 0 bridgehead atoms. The molecule has 4 saturated carbocycles. The summed E-state index contributed by atoms with van der Waals surface area (Å²) in [5.74, 6) is 8.59. The van der Waals surface area contributed by atoms with E-state index in [4.69, 9.17) is 0 Å². The lowest BCUT2D eigenvalue weighted by molar-refractivity contribution is -0.0695. The van der Waals surface area contributed by atoms with Crippen LogP contribution in [0.1, 0.15) is 146 Å². The van der Waals surface area contributed by atoms with Crippen LogP contribution in [0.4, 0.5) is 0 Å². The molecule has 4 fully saturated rings. The van der Waals surface area contributed by atoms with E-state index in [1.165, 1.54) is 25.7 Å². The summed E-state index contributed by atoms with van der Waals surface area (Å²) in [5.41, 5.74) is 1.84. The van der Waals surface area contributed by atoms with E-state index < -0.39 is 0 Å². The molecule has 0 amide bonds. The molecule has 8 atom stereocenters. The van der Waals surface area contributed by atoms with Gasteiger partial charge in [-0.05, 0) is 146 Å². The van der Waals surface area contributed by atoms with Gasteiger partial charge in [-0.3, -0.25) is 4.99 Å². The monoisotopic (exact) mass is 535 g/mol. The van der Waals surface area contributed by atoms with E-state index in [1.807, 2.05) is 53.7 Å². The zero-order chi connectivity index (χ0) is 28.2. The van der Waals surface area contributed by atoms with E-state index in [0.29, 0.717) is 5.41 Å². The van der Waals surface area contributed by atoms with E-state index in [2.05, 4.69) is 32.7 Å². The summed E-state index contributed by atoms with van der Waals surface area (Å²) in [6, 6.07) is 0.